The van der Waals surface area contributed by atoms with E-state index >= 15 is 0 Å². The summed E-state index contributed by atoms with van der Waals surface area (Å²) in [5.74, 6) is 0.0898. The van der Waals surface area contributed by atoms with Crippen LogP contribution in [0.4, 0.5) is 11.4 Å². The van der Waals surface area contributed by atoms with Gasteiger partial charge < -0.3 is 10.2 Å². The smallest absolute Gasteiger partial charge is 0.286 e. The van der Waals surface area contributed by atoms with Crippen molar-refractivity contribution in [1.29, 1.82) is 0 Å². The lowest BCUT2D eigenvalue weighted by molar-refractivity contribution is 0.102. The van der Waals surface area contributed by atoms with E-state index in [0.29, 0.717) is 23.8 Å². The van der Waals surface area contributed by atoms with Crippen LogP contribution in [-0.2, 0) is 10.0 Å². The van der Waals surface area contributed by atoms with E-state index in [1.54, 1.807) is 19.1 Å². The molecule has 0 saturated carbocycles. The standard InChI is InChI=1S/C20H23N3O3S/c1-5-10-23-15(4)22-27(25,26)19-12-16(8-9-18(19)23)20(24)21-17-11-13(2)6-7-14(17)3/h6-9,11-12H,5,10H2,1-4H3,(H,21,24). The molecule has 0 bridgehead atoms. The lowest BCUT2D eigenvalue weighted by Crippen LogP contribution is -2.34. The van der Waals surface area contributed by atoms with Crippen LogP contribution < -0.4 is 10.2 Å². The van der Waals surface area contributed by atoms with Crippen LogP contribution in [0.2, 0.25) is 0 Å². The molecule has 0 unspecified atom stereocenters. The summed E-state index contributed by atoms with van der Waals surface area (Å²) in [7, 11) is -3.82. The fourth-order valence-corrected chi connectivity index (χ4v) is 4.37. The molecule has 6 nitrogen and oxygen atoms in total. The Morgan fingerprint density at radius 3 is 2.56 bits per heavy atom. The molecule has 2 aromatic rings. The first-order chi connectivity index (χ1) is 12.7. The normalized spacial score (nSPS) is 15.1. The van der Waals surface area contributed by atoms with Gasteiger partial charge in [-0.15, -0.1) is 4.40 Å². The Hall–Kier alpha value is -2.67. The summed E-state index contributed by atoms with van der Waals surface area (Å²) in [6, 6.07) is 10.5. The Kier molecular flexibility index (Phi) is 5.06. The van der Waals surface area contributed by atoms with Crippen molar-refractivity contribution in [2.45, 2.75) is 39.0 Å². The number of aryl methyl sites for hydroxylation is 2. The molecule has 1 N–H and O–H groups in total. The molecule has 0 saturated heterocycles. The molecule has 0 fully saturated rings. The third-order valence-electron chi connectivity index (χ3n) is 4.52. The number of hydrogen-bond donors (Lipinski definition) is 1. The maximum atomic E-state index is 12.7. The molecule has 7 heteroatoms. The average Bonchev–Trinajstić information content (AvgIpc) is 2.61. The van der Waals surface area contributed by atoms with Crippen LogP contribution in [0.1, 0.15) is 41.8 Å². The number of nitrogens with zero attached hydrogens (tertiary/aromatic N) is 2. The number of nitrogens with one attached hydrogen (secondary N) is 1. The van der Waals surface area contributed by atoms with Gasteiger partial charge in [-0.2, -0.15) is 8.42 Å². The van der Waals surface area contributed by atoms with Gasteiger partial charge >= 0.3 is 0 Å². The van der Waals surface area contributed by atoms with Crippen molar-refractivity contribution in [3.05, 3.63) is 53.1 Å². The molecule has 1 amide bonds. The lowest BCUT2D eigenvalue weighted by atomic mass is 10.1. The van der Waals surface area contributed by atoms with E-state index in [1.165, 1.54) is 6.07 Å². The molecule has 1 aliphatic rings. The van der Waals surface area contributed by atoms with Crippen molar-refractivity contribution in [3.63, 3.8) is 0 Å². The van der Waals surface area contributed by atoms with E-state index in [4.69, 9.17) is 0 Å². The maximum Gasteiger partial charge on any atom is 0.286 e. The van der Waals surface area contributed by atoms with Crippen LogP contribution in [0.5, 0.6) is 0 Å². The summed E-state index contributed by atoms with van der Waals surface area (Å²) in [4.78, 5) is 14.6. The third kappa shape index (κ3) is 3.73. The summed E-state index contributed by atoms with van der Waals surface area (Å²) in [6.07, 6.45) is 0.848. The minimum Gasteiger partial charge on any atom is -0.328 e. The van der Waals surface area contributed by atoms with Crippen molar-refractivity contribution in [3.8, 4) is 0 Å². The predicted molar refractivity (Wildman–Crippen MR) is 108 cm³/mol. The van der Waals surface area contributed by atoms with Crippen LogP contribution in [0, 0.1) is 13.8 Å². The van der Waals surface area contributed by atoms with E-state index in [-0.39, 0.29) is 16.4 Å². The number of anilines is 2. The molecular weight excluding hydrogens is 362 g/mol. The molecular formula is C20H23N3O3S. The second-order valence-electron chi connectivity index (χ2n) is 6.72. The van der Waals surface area contributed by atoms with E-state index in [9.17, 15) is 13.2 Å². The summed E-state index contributed by atoms with van der Waals surface area (Å²) in [5, 5.41) is 2.86. The van der Waals surface area contributed by atoms with Crippen molar-refractivity contribution >= 4 is 33.1 Å². The van der Waals surface area contributed by atoms with Crippen molar-refractivity contribution < 1.29 is 13.2 Å². The first-order valence-corrected chi connectivity index (χ1v) is 10.3. The highest BCUT2D eigenvalue weighted by Gasteiger charge is 2.29. The van der Waals surface area contributed by atoms with Crippen molar-refractivity contribution in [2.75, 3.05) is 16.8 Å². The Balaban J connectivity index is 1.99. The molecule has 0 aliphatic carbocycles. The highest BCUT2D eigenvalue weighted by molar-refractivity contribution is 7.90. The highest BCUT2D eigenvalue weighted by Crippen LogP contribution is 2.33. The van der Waals surface area contributed by atoms with Gasteiger partial charge in [0.1, 0.15) is 10.7 Å². The number of fused-ring (bicyclic) bond motifs is 1. The van der Waals surface area contributed by atoms with Crippen LogP contribution in [0.3, 0.4) is 0 Å². The molecule has 3 rings (SSSR count). The van der Waals surface area contributed by atoms with E-state index in [2.05, 4.69) is 9.71 Å². The van der Waals surface area contributed by atoms with Crippen LogP contribution >= 0.6 is 0 Å². The minimum atomic E-state index is -3.82. The van der Waals surface area contributed by atoms with Gasteiger partial charge in [-0.3, -0.25) is 4.79 Å². The van der Waals surface area contributed by atoms with Gasteiger partial charge in [-0.05, 0) is 62.6 Å². The Morgan fingerprint density at radius 1 is 1.11 bits per heavy atom. The van der Waals surface area contributed by atoms with Gasteiger partial charge in [0.15, 0.2) is 0 Å². The second kappa shape index (κ2) is 7.15. The first kappa shape index (κ1) is 19.1. The highest BCUT2D eigenvalue weighted by atomic mass is 32.2. The minimum absolute atomic E-state index is 0.0650. The largest absolute Gasteiger partial charge is 0.328 e. The third-order valence-corrected chi connectivity index (χ3v) is 5.91. The second-order valence-corrected chi connectivity index (χ2v) is 8.29. The summed E-state index contributed by atoms with van der Waals surface area (Å²) in [6.45, 7) is 8.21. The Bertz CT molecular complexity index is 1040. The molecule has 0 aromatic heterocycles. The SMILES string of the molecule is CCCN1C(C)=NS(=O)(=O)c2cc(C(=O)Nc3cc(C)ccc3C)ccc21. The average molecular weight is 385 g/mol. The number of amidine groups is 1. The lowest BCUT2D eigenvalue weighted by Gasteiger charge is -2.29. The fraction of sp³-hybridized carbons (Fsp3) is 0.300. The molecule has 142 valence electrons. The molecule has 0 radical (unpaired) electrons. The zero-order valence-corrected chi connectivity index (χ0v) is 16.7. The number of carbonyl (C=O) groups excluding carboxylic acids is 1. The van der Waals surface area contributed by atoms with Crippen LogP contribution in [0.15, 0.2) is 45.7 Å². The monoisotopic (exact) mass is 385 g/mol. The van der Waals surface area contributed by atoms with E-state index < -0.39 is 10.0 Å². The Labute approximate surface area is 160 Å². The summed E-state index contributed by atoms with van der Waals surface area (Å²) in [5.41, 5.74) is 3.52. The zero-order chi connectivity index (χ0) is 19.8. The van der Waals surface area contributed by atoms with Gasteiger partial charge in [0.25, 0.3) is 15.9 Å². The number of sulfonamides is 1. The molecule has 2 aromatic carbocycles. The van der Waals surface area contributed by atoms with Crippen LogP contribution in [-0.4, -0.2) is 26.7 Å². The fourth-order valence-electron chi connectivity index (χ4n) is 3.10. The van der Waals surface area contributed by atoms with Gasteiger partial charge in [0.05, 0.1) is 5.69 Å². The zero-order valence-electron chi connectivity index (χ0n) is 15.9. The predicted octanol–water partition coefficient (Wildman–Crippen LogP) is 3.89. The van der Waals surface area contributed by atoms with Gasteiger partial charge in [0, 0.05) is 17.8 Å². The number of amides is 1. The van der Waals surface area contributed by atoms with Gasteiger partial charge in [0.2, 0.25) is 0 Å². The number of hydrogen-bond acceptors (Lipinski definition) is 4. The van der Waals surface area contributed by atoms with Gasteiger partial charge in [-0.1, -0.05) is 19.1 Å². The molecule has 1 aliphatic heterocycles. The number of carbonyl (C=O) groups is 1. The molecule has 0 spiro atoms. The van der Waals surface area contributed by atoms with Crippen molar-refractivity contribution in [2.24, 2.45) is 4.40 Å². The van der Waals surface area contributed by atoms with Crippen LogP contribution in [0.25, 0.3) is 0 Å². The summed E-state index contributed by atoms with van der Waals surface area (Å²) < 4.78 is 28.9. The maximum absolute atomic E-state index is 12.7. The number of benzene rings is 2. The number of rotatable bonds is 4. The van der Waals surface area contributed by atoms with Crippen molar-refractivity contribution in [1.82, 2.24) is 0 Å². The molecule has 1 heterocycles. The van der Waals surface area contributed by atoms with E-state index in [0.717, 1.165) is 17.5 Å². The van der Waals surface area contributed by atoms with E-state index in [1.807, 2.05) is 43.9 Å². The topological polar surface area (TPSA) is 78.8 Å². The van der Waals surface area contributed by atoms with Gasteiger partial charge in [-0.25, -0.2) is 0 Å². The first-order valence-electron chi connectivity index (χ1n) is 8.84. The Morgan fingerprint density at radius 2 is 1.85 bits per heavy atom. The quantitative estimate of drug-likeness (QED) is 0.866. The molecule has 27 heavy (non-hydrogen) atoms. The molecule has 0 atom stereocenters. The summed E-state index contributed by atoms with van der Waals surface area (Å²) >= 11 is 0.